The van der Waals surface area contributed by atoms with E-state index in [9.17, 15) is 0 Å². The minimum atomic E-state index is 0.283. The molecule has 0 bridgehead atoms. The Balaban J connectivity index is 2.27. The number of rotatable bonds is 6. The minimum absolute atomic E-state index is 0.283. The van der Waals surface area contributed by atoms with Crippen LogP contribution in [-0.4, -0.2) is 11.5 Å². The fourth-order valence-electron chi connectivity index (χ4n) is 2.20. The third-order valence-corrected chi connectivity index (χ3v) is 5.00. The quantitative estimate of drug-likeness (QED) is 0.506. The molecule has 2 aromatic rings. The summed E-state index contributed by atoms with van der Waals surface area (Å²) in [6, 6.07) is 8.90. The van der Waals surface area contributed by atoms with Gasteiger partial charge in [0.15, 0.2) is 0 Å². The molecule has 112 valence electrons. The summed E-state index contributed by atoms with van der Waals surface area (Å²) in [6.45, 7) is 3.19. The second kappa shape index (κ2) is 8.60. The van der Waals surface area contributed by atoms with E-state index in [0.717, 1.165) is 28.3 Å². The third-order valence-electron chi connectivity index (χ3n) is 3.18. The Hall–Kier alpha value is 0.0200. The summed E-state index contributed by atoms with van der Waals surface area (Å²) in [4.78, 5) is 4.26. The fourth-order valence-corrected chi connectivity index (χ4v) is 3.65. The molecule has 0 amide bonds. The van der Waals surface area contributed by atoms with Crippen molar-refractivity contribution in [2.24, 2.45) is 0 Å². The largest absolute Gasteiger partial charge is 0.310 e. The topological polar surface area (TPSA) is 24.9 Å². The van der Waals surface area contributed by atoms with Crippen molar-refractivity contribution < 1.29 is 0 Å². The fraction of sp³-hybridized carbons (Fsp3) is 0.312. The first-order chi connectivity index (χ1) is 10.1. The molecule has 21 heavy (non-hydrogen) atoms. The number of aromatic nitrogens is 1. The molecule has 1 aromatic heterocycles. The van der Waals surface area contributed by atoms with Crippen molar-refractivity contribution in [3.63, 3.8) is 0 Å². The molecule has 1 atom stereocenters. The van der Waals surface area contributed by atoms with Crippen molar-refractivity contribution in [1.29, 1.82) is 0 Å². The van der Waals surface area contributed by atoms with Crippen LogP contribution in [-0.2, 0) is 6.42 Å². The number of pyridine rings is 1. The number of nitrogens with zero attached hydrogens (tertiary/aromatic N) is 1. The maximum atomic E-state index is 4.26. The van der Waals surface area contributed by atoms with Crippen LogP contribution in [0.3, 0.4) is 0 Å². The number of hydrogen-bond acceptors (Lipinski definition) is 2. The lowest BCUT2D eigenvalue weighted by atomic mass is 10.00. The summed E-state index contributed by atoms with van der Waals surface area (Å²) < 4.78 is 3.43. The summed E-state index contributed by atoms with van der Waals surface area (Å²) in [6.07, 6.45) is 5.80. The first kappa shape index (κ1) is 17.4. The van der Waals surface area contributed by atoms with Crippen LogP contribution in [0.25, 0.3) is 0 Å². The highest BCUT2D eigenvalue weighted by Gasteiger charge is 2.15. The first-order valence-electron chi connectivity index (χ1n) is 6.88. The molecule has 0 aliphatic heterocycles. The highest BCUT2D eigenvalue weighted by Crippen LogP contribution is 2.28. The first-order valence-corrected chi connectivity index (χ1v) is 9.54. The standard InChI is InChI=1S/C16H17Br2IN2/c1-2-5-21-16(7-11-6-12(17)10-20-9-11)14-8-13(19)3-4-15(14)18/h3-4,6,8-10,16,21H,2,5,7H2,1H3. The summed E-state index contributed by atoms with van der Waals surface area (Å²) in [5, 5.41) is 3.65. The average molecular weight is 524 g/mol. The van der Waals surface area contributed by atoms with Crippen LogP contribution in [0.4, 0.5) is 0 Å². The monoisotopic (exact) mass is 522 g/mol. The maximum absolute atomic E-state index is 4.26. The zero-order chi connectivity index (χ0) is 15.2. The van der Waals surface area contributed by atoms with Gasteiger partial charge in [-0.25, -0.2) is 0 Å². The molecule has 2 nitrogen and oxygen atoms in total. The molecule has 1 N–H and O–H groups in total. The van der Waals surface area contributed by atoms with E-state index in [1.807, 2.05) is 12.4 Å². The molecule has 0 aliphatic carbocycles. The van der Waals surface area contributed by atoms with E-state index in [0.29, 0.717) is 0 Å². The van der Waals surface area contributed by atoms with Gasteiger partial charge in [0.25, 0.3) is 0 Å². The minimum Gasteiger partial charge on any atom is -0.310 e. The molecule has 0 saturated heterocycles. The number of halogens is 3. The van der Waals surface area contributed by atoms with Gasteiger partial charge in [0.05, 0.1) is 0 Å². The van der Waals surface area contributed by atoms with E-state index < -0.39 is 0 Å². The van der Waals surface area contributed by atoms with Crippen molar-refractivity contribution in [2.45, 2.75) is 25.8 Å². The Bertz CT molecular complexity index is 605. The Morgan fingerprint density at radius 2 is 2.05 bits per heavy atom. The lowest BCUT2D eigenvalue weighted by Gasteiger charge is -2.21. The Labute approximate surface area is 156 Å². The summed E-state index contributed by atoms with van der Waals surface area (Å²) in [7, 11) is 0. The van der Waals surface area contributed by atoms with E-state index in [1.165, 1.54) is 14.7 Å². The molecule has 1 aromatic carbocycles. The van der Waals surface area contributed by atoms with Crippen molar-refractivity contribution in [2.75, 3.05) is 6.54 Å². The van der Waals surface area contributed by atoms with Gasteiger partial charge in [0.1, 0.15) is 0 Å². The second-order valence-corrected chi connectivity index (χ2v) is 7.90. The van der Waals surface area contributed by atoms with Gasteiger partial charge in [-0.15, -0.1) is 0 Å². The SMILES string of the molecule is CCCNC(Cc1cncc(Br)c1)c1cc(I)ccc1Br. The van der Waals surface area contributed by atoms with E-state index in [4.69, 9.17) is 0 Å². The van der Waals surface area contributed by atoms with Crippen molar-refractivity contribution >= 4 is 54.5 Å². The average Bonchev–Trinajstić information content (AvgIpc) is 2.46. The predicted octanol–water partition coefficient (Wildman–Crippen LogP) is 5.49. The number of nitrogens with one attached hydrogen (secondary N) is 1. The summed E-state index contributed by atoms with van der Waals surface area (Å²) in [5.41, 5.74) is 2.53. The molecule has 0 saturated carbocycles. The predicted molar refractivity (Wildman–Crippen MR) is 104 cm³/mol. The lowest BCUT2D eigenvalue weighted by molar-refractivity contribution is 0.527. The molecule has 1 unspecified atom stereocenters. The maximum Gasteiger partial charge on any atom is 0.0410 e. The van der Waals surface area contributed by atoms with E-state index in [2.05, 4.69) is 95.9 Å². The zero-order valence-corrected chi connectivity index (χ0v) is 17.1. The number of hydrogen-bond donors (Lipinski definition) is 1. The summed E-state index contributed by atoms with van der Waals surface area (Å²) >= 11 is 9.54. The molecule has 0 spiro atoms. The Morgan fingerprint density at radius 3 is 2.76 bits per heavy atom. The third kappa shape index (κ3) is 5.30. The van der Waals surface area contributed by atoms with Gasteiger partial charge in [-0.2, -0.15) is 0 Å². The summed E-state index contributed by atoms with van der Waals surface area (Å²) in [5.74, 6) is 0. The van der Waals surface area contributed by atoms with Gasteiger partial charge < -0.3 is 5.32 Å². The van der Waals surface area contributed by atoms with Crippen molar-refractivity contribution in [3.05, 3.63) is 60.3 Å². The van der Waals surface area contributed by atoms with Crippen LogP contribution in [0, 0.1) is 3.57 Å². The van der Waals surface area contributed by atoms with E-state index >= 15 is 0 Å². The Morgan fingerprint density at radius 1 is 1.24 bits per heavy atom. The van der Waals surface area contributed by atoms with Crippen LogP contribution in [0.5, 0.6) is 0 Å². The molecular weight excluding hydrogens is 507 g/mol. The lowest BCUT2D eigenvalue weighted by Crippen LogP contribution is -2.24. The Kier molecular flexibility index (Phi) is 7.12. The van der Waals surface area contributed by atoms with Gasteiger partial charge in [-0.05, 0) is 93.3 Å². The molecule has 2 rings (SSSR count). The number of benzene rings is 1. The second-order valence-electron chi connectivity index (χ2n) is 4.89. The van der Waals surface area contributed by atoms with Crippen LogP contribution in [0.2, 0.25) is 0 Å². The van der Waals surface area contributed by atoms with Crippen molar-refractivity contribution in [3.8, 4) is 0 Å². The van der Waals surface area contributed by atoms with Gasteiger partial charge in [-0.1, -0.05) is 22.9 Å². The van der Waals surface area contributed by atoms with Crippen molar-refractivity contribution in [1.82, 2.24) is 10.3 Å². The highest BCUT2D eigenvalue weighted by molar-refractivity contribution is 14.1. The van der Waals surface area contributed by atoms with Crippen LogP contribution in [0.1, 0.15) is 30.5 Å². The zero-order valence-electron chi connectivity index (χ0n) is 11.7. The van der Waals surface area contributed by atoms with Crippen LogP contribution in [0.15, 0.2) is 45.6 Å². The van der Waals surface area contributed by atoms with Crippen LogP contribution < -0.4 is 5.32 Å². The molecule has 0 aliphatic rings. The molecular formula is C16H17Br2IN2. The van der Waals surface area contributed by atoms with Gasteiger partial charge >= 0.3 is 0 Å². The van der Waals surface area contributed by atoms with Crippen LogP contribution >= 0.6 is 54.5 Å². The molecule has 5 heteroatoms. The van der Waals surface area contributed by atoms with Gasteiger partial charge in [-0.3, -0.25) is 4.98 Å². The van der Waals surface area contributed by atoms with E-state index in [1.54, 1.807) is 0 Å². The molecule has 1 heterocycles. The molecule has 0 radical (unpaired) electrons. The van der Waals surface area contributed by atoms with E-state index in [-0.39, 0.29) is 6.04 Å². The normalized spacial score (nSPS) is 12.4. The molecule has 0 fully saturated rings. The highest BCUT2D eigenvalue weighted by atomic mass is 127. The van der Waals surface area contributed by atoms with Gasteiger partial charge in [0, 0.05) is 31.0 Å². The smallest absolute Gasteiger partial charge is 0.0410 e. The van der Waals surface area contributed by atoms with Gasteiger partial charge in [0.2, 0.25) is 0 Å².